The van der Waals surface area contributed by atoms with E-state index in [2.05, 4.69) is 31.3 Å². The van der Waals surface area contributed by atoms with Crippen LogP contribution in [-0.4, -0.2) is 12.6 Å². The minimum absolute atomic E-state index is 0.540. The van der Waals surface area contributed by atoms with Gasteiger partial charge in [-0.25, -0.2) is 0 Å². The summed E-state index contributed by atoms with van der Waals surface area (Å²) < 4.78 is 0. The van der Waals surface area contributed by atoms with E-state index >= 15 is 0 Å². The fourth-order valence-corrected chi connectivity index (χ4v) is 1.60. The molecule has 0 amide bonds. The molecule has 1 aromatic carbocycles. The number of halogens is 2. The highest BCUT2D eigenvalue weighted by Gasteiger charge is 1.96. The Hall–Kier alpha value is -0.500. The zero-order chi connectivity index (χ0) is 12.0. The molecule has 0 spiro atoms. The van der Waals surface area contributed by atoms with E-state index in [-0.39, 0.29) is 0 Å². The van der Waals surface area contributed by atoms with Crippen molar-refractivity contribution in [3.63, 3.8) is 0 Å². The quantitative estimate of drug-likeness (QED) is 0.772. The lowest BCUT2D eigenvalue weighted by molar-refractivity contribution is 0.595. The molecule has 0 fully saturated rings. The normalized spacial score (nSPS) is 11.6. The molecule has 0 saturated carbocycles. The molecule has 3 heteroatoms. The van der Waals surface area contributed by atoms with Crippen molar-refractivity contribution in [1.82, 2.24) is 5.32 Å². The summed E-state index contributed by atoms with van der Waals surface area (Å²) >= 11 is 11.8. The molecule has 0 aliphatic carbocycles. The molecule has 0 aliphatic heterocycles. The molecule has 1 rings (SSSR count). The highest BCUT2D eigenvalue weighted by Crippen LogP contribution is 2.23. The van der Waals surface area contributed by atoms with Crippen LogP contribution in [0.4, 0.5) is 0 Å². The fraction of sp³-hybridized carbons (Fsp3) is 0.385. The monoisotopic (exact) mass is 257 g/mol. The largest absolute Gasteiger partial charge is 0.314 e. The molecule has 0 bridgehead atoms. The van der Waals surface area contributed by atoms with E-state index in [9.17, 15) is 0 Å². The van der Waals surface area contributed by atoms with Crippen molar-refractivity contribution in [2.24, 2.45) is 0 Å². The molecular formula is C13H17Cl2N. The van der Waals surface area contributed by atoms with E-state index < -0.39 is 0 Å². The Morgan fingerprint density at radius 3 is 2.62 bits per heavy atom. The zero-order valence-electron chi connectivity index (χ0n) is 9.63. The van der Waals surface area contributed by atoms with E-state index in [1.54, 1.807) is 0 Å². The molecule has 1 nitrogen and oxygen atoms in total. The van der Waals surface area contributed by atoms with Crippen molar-refractivity contribution < 1.29 is 0 Å². The number of hydrogen-bond acceptors (Lipinski definition) is 1. The Morgan fingerprint density at radius 2 is 2.00 bits per heavy atom. The Bertz CT molecular complexity index is 359. The first-order valence-corrected chi connectivity index (χ1v) is 6.20. The van der Waals surface area contributed by atoms with Gasteiger partial charge in [0.1, 0.15) is 0 Å². The molecular weight excluding hydrogens is 241 g/mol. The van der Waals surface area contributed by atoms with E-state index in [0.717, 1.165) is 18.5 Å². The fourth-order valence-electron chi connectivity index (χ4n) is 1.29. The number of benzene rings is 1. The third kappa shape index (κ3) is 5.02. The number of hydrogen-bond donors (Lipinski definition) is 1. The van der Waals surface area contributed by atoms with Crippen LogP contribution >= 0.6 is 23.2 Å². The van der Waals surface area contributed by atoms with Crippen LogP contribution in [0.25, 0.3) is 6.08 Å². The van der Waals surface area contributed by atoms with Crippen LogP contribution in [0.5, 0.6) is 0 Å². The van der Waals surface area contributed by atoms with Crippen LogP contribution in [0.1, 0.15) is 25.8 Å². The Balaban J connectivity index is 2.41. The standard InChI is InChI=1S/C13H17Cl2N/c1-10(2)16-8-4-3-5-11-6-7-12(14)13(15)9-11/h3,5-7,9-10,16H,4,8H2,1-2H3. The summed E-state index contributed by atoms with van der Waals surface area (Å²) in [5, 5.41) is 4.55. The maximum atomic E-state index is 5.92. The zero-order valence-corrected chi connectivity index (χ0v) is 11.1. The Labute approximate surface area is 107 Å². The van der Waals surface area contributed by atoms with Crippen LogP contribution in [0.2, 0.25) is 10.0 Å². The van der Waals surface area contributed by atoms with Gasteiger partial charge in [0.25, 0.3) is 0 Å². The van der Waals surface area contributed by atoms with Gasteiger partial charge in [0.15, 0.2) is 0 Å². The number of rotatable bonds is 5. The van der Waals surface area contributed by atoms with Crippen molar-refractivity contribution in [3.05, 3.63) is 39.9 Å². The molecule has 0 aromatic heterocycles. The molecule has 0 atom stereocenters. The summed E-state index contributed by atoms with van der Waals surface area (Å²) in [6, 6.07) is 6.19. The first-order valence-electron chi connectivity index (χ1n) is 5.44. The van der Waals surface area contributed by atoms with E-state index in [1.165, 1.54) is 0 Å². The predicted octanol–water partition coefficient (Wildman–Crippen LogP) is 4.39. The van der Waals surface area contributed by atoms with Crippen molar-refractivity contribution >= 4 is 29.3 Å². The van der Waals surface area contributed by atoms with Gasteiger partial charge in [-0.2, -0.15) is 0 Å². The van der Waals surface area contributed by atoms with Crippen LogP contribution in [-0.2, 0) is 0 Å². The molecule has 1 N–H and O–H groups in total. The lowest BCUT2D eigenvalue weighted by atomic mass is 10.2. The topological polar surface area (TPSA) is 12.0 Å². The highest BCUT2D eigenvalue weighted by molar-refractivity contribution is 6.42. The molecule has 0 radical (unpaired) electrons. The molecule has 0 unspecified atom stereocenters. The smallest absolute Gasteiger partial charge is 0.0598 e. The summed E-state index contributed by atoms with van der Waals surface area (Å²) in [5.74, 6) is 0. The highest BCUT2D eigenvalue weighted by atomic mass is 35.5. The lowest BCUT2D eigenvalue weighted by Gasteiger charge is -2.04. The SMILES string of the molecule is CC(C)NCCC=Cc1ccc(Cl)c(Cl)c1. The van der Waals surface area contributed by atoms with E-state index in [4.69, 9.17) is 23.2 Å². The predicted molar refractivity (Wildman–Crippen MR) is 73.3 cm³/mol. The van der Waals surface area contributed by atoms with Gasteiger partial charge in [0, 0.05) is 6.04 Å². The average Bonchev–Trinajstić information content (AvgIpc) is 2.22. The lowest BCUT2D eigenvalue weighted by Crippen LogP contribution is -2.23. The maximum Gasteiger partial charge on any atom is 0.0598 e. The molecule has 1 aromatic rings. The van der Waals surface area contributed by atoms with E-state index in [0.29, 0.717) is 16.1 Å². The van der Waals surface area contributed by atoms with Crippen LogP contribution in [0.3, 0.4) is 0 Å². The second-order valence-corrected chi connectivity index (χ2v) is 4.79. The maximum absolute atomic E-state index is 5.92. The first kappa shape index (κ1) is 13.6. The van der Waals surface area contributed by atoms with Crippen molar-refractivity contribution in [2.45, 2.75) is 26.3 Å². The average molecular weight is 258 g/mol. The van der Waals surface area contributed by atoms with Gasteiger partial charge in [-0.3, -0.25) is 0 Å². The van der Waals surface area contributed by atoms with E-state index in [1.807, 2.05) is 18.2 Å². The second-order valence-electron chi connectivity index (χ2n) is 3.97. The molecule has 0 saturated heterocycles. The van der Waals surface area contributed by atoms with Crippen molar-refractivity contribution in [1.29, 1.82) is 0 Å². The van der Waals surface area contributed by atoms with Crippen LogP contribution < -0.4 is 5.32 Å². The van der Waals surface area contributed by atoms with Crippen LogP contribution in [0, 0.1) is 0 Å². The van der Waals surface area contributed by atoms with Crippen LogP contribution in [0.15, 0.2) is 24.3 Å². The minimum Gasteiger partial charge on any atom is -0.314 e. The second kappa shape index (κ2) is 6.95. The summed E-state index contributed by atoms with van der Waals surface area (Å²) in [7, 11) is 0. The van der Waals surface area contributed by atoms with Gasteiger partial charge in [-0.15, -0.1) is 0 Å². The van der Waals surface area contributed by atoms with Gasteiger partial charge in [-0.05, 0) is 30.7 Å². The Morgan fingerprint density at radius 1 is 1.25 bits per heavy atom. The summed E-state index contributed by atoms with van der Waals surface area (Å²) in [4.78, 5) is 0. The van der Waals surface area contributed by atoms with Gasteiger partial charge in [0.05, 0.1) is 10.0 Å². The summed E-state index contributed by atoms with van der Waals surface area (Å²) in [6.07, 6.45) is 5.21. The first-order chi connectivity index (χ1) is 7.59. The summed E-state index contributed by atoms with van der Waals surface area (Å²) in [5.41, 5.74) is 1.08. The minimum atomic E-state index is 0.540. The van der Waals surface area contributed by atoms with Gasteiger partial charge in [0.2, 0.25) is 0 Å². The molecule has 16 heavy (non-hydrogen) atoms. The van der Waals surface area contributed by atoms with Crippen molar-refractivity contribution in [2.75, 3.05) is 6.54 Å². The third-order valence-corrected chi connectivity index (χ3v) is 2.86. The van der Waals surface area contributed by atoms with Gasteiger partial charge < -0.3 is 5.32 Å². The van der Waals surface area contributed by atoms with Gasteiger partial charge in [-0.1, -0.05) is 55.3 Å². The molecule has 0 aliphatic rings. The third-order valence-electron chi connectivity index (χ3n) is 2.12. The van der Waals surface area contributed by atoms with Gasteiger partial charge >= 0.3 is 0 Å². The Kier molecular flexibility index (Phi) is 5.89. The molecule has 0 heterocycles. The number of nitrogens with one attached hydrogen (secondary N) is 1. The van der Waals surface area contributed by atoms with Crippen molar-refractivity contribution in [3.8, 4) is 0 Å². The molecule has 88 valence electrons. The summed E-state index contributed by atoms with van der Waals surface area (Å²) in [6.45, 7) is 5.28.